The molecule has 2 aromatic heterocycles. The third kappa shape index (κ3) is 3.50. The highest BCUT2D eigenvalue weighted by molar-refractivity contribution is 7.91. The van der Waals surface area contributed by atoms with Crippen LogP contribution in [0.15, 0.2) is 59.3 Å². The molecule has 3 aromatic rings. The third-order valence-corrected chi connectivity index (χ3v) is 6.15. The second-order valence-electron chi connectivity index (χ2n) is 4.81. The summed E-state index contributed by atoms with van der Waals surface area (Å²) in [5, 5.41) is 10.4. The number of sulfonamides is 1. The lowest BCUT2D eigenvalue weighted by atomic mass is 10.2. The van der Waals surface area contributed by atoms with Crippen LogP contribution in [0.5, 0.6) is 0 Å². The van der Waals surface area contributed by atoms with E-state index in [-0.39, 0.29) is 15.8 Å². The van der Waals surface area contributed by atoms with Crippen molar-refractivity contribution in [3.8, 4) is 5.69 Å². The molecule has 10 heteroatoms. The van der Waals surface area contributed by atoms with Gasteiger partial charge in [0.2, 0.25) is 0 Å². The molecule has 0 aliphatic carbocycles. The van der Waals surface area contributed by atoms with Gasteiger partial charge >= 0.3 is 5.00 Å². The highest BCUT2D eigenvalue weighted by Gasteiger charge is 2.20. The van der Waals surface area contributed by atoms with Gasteiger partial charge in [0.05, 0.1) is 11.3 Å². The van der Waals surface area contributed by atoms with Crippen LogP contribution in [-0.4, -0.2) is 22.9 Å². The molecule has 8 nitrogen and oxygen atoms in total. The largest absolute Gasteiger partial charge is 0.325 e. The fraction of sp³-hybridized carbons (Fsp3) is 0.0714. The first-order valence-electron chi connectivity index (χ1n) is 6.77. The van der Waals surface area contributed by atoms with Crippen LogP contribution in [0.1, 0.15) is 5.56 Å². The van der Waals surface area contributed by atoms with Crippen molar-refractivity contribution < 1.29 is 13.3 Å². The van der Waals surface area contributed by atoms with Crippen molar-refractivity contribution in [3.05, 3.63) is 70.8 Å². The minimum atomic E-state index is -3.78. The molecule has 0 atom stereocenters. The minimum absolute atomic E-state index is 0.0794. The minimum Gasteiger partial charge on any atom is -0.306 e. The second kappa shape index (κ2) is 6.51. The van der Waals surface area contributed by atoms with Gasteiger partial charge in [-0.25, -0.2) is 18.1 Å². The van der Waals surface area contributed by atoms with E-state index in [9.17, 15) is 18.5 Å². The molecule has 0 spiro atoms. The molecule has 0 unspecified atom stereocenters. The Morgan fingerprint density at radius 2 is 1.96 bits per heavy atom. The third-order valence-electron chi connectivity index (χ3n) is 3.22. The van der Waals surface area contributed by atoms with Gasteiger partial charge in [-0.15, -0.1) is 0 Å². The van der Waals surface area contributed by atoms with Gasteiger partial charge in [-0.05, 0) is 35.1 Å². The van der Waals surface area contributed by atoms with Gasteiger partial charge in [-0.2, -0.15) is 0 Å². The quantitative estimate of drug-likeness (QED) is 0.533. The average Bonchev–Trinajstić information content (AvgIpc) is 3.25. The van der Waals surface area contributed by atoms with E-state index < -0.39 is 14.9 Å². The van der Waals surface area contributed by atoms with E-state index in [4.69, 9.17) is 0 Å². The van der Waals surface area contributed by atoms with Gasteiger partial charge in [-0.1, -0.05) is 12.1 Å². The first-order valence-corrected chi connectivity index (χ1v) is 9.07. The molecule has 24 heavy (non-hydrogen) atoms. The molecule has 0 bridgehead atoms. The Hall–Kier alpha value is -2.56. The summed E-state index contributed by atoms with van der Waals surface area (Å²) in [5.41, 5.74) is 1.68. The molecular weight excluding hydrogens is 352 g/mol. The predicted molar refractivity (Wildman–Crippen MR) is 88.6 cm³/mol. The van der Waals surface area contributed by atoms with Crippen molar-refractivity contribution in [2.45, 2.75) is 10.8 Å². The molecule has 0 aliphatic heterocycles. The Morgan fingerprint density at radius 3 is 2.54 bits per heavy atom. The normalized spacial score (nSPS) is 11.5. The molecule has 2 heterocycles. The molecule has 0 saturated carbocycles. The molecule has 1 aromatic carbocycles. The van der Waals surface area contributed by atoms with E-state index in [1.165, 1.54) is 12.1 Å². The lowest BCUT2D eigenvalue weighted by molar-refractivity contribution is -0.380. The Labute approximate surface area is 141 Å². The van der Waals surface area contributed by atoms with Gasteiger partial charge in [0.15, 0.2) is 0 Å². The maximum atomic E-state index is 12.2. The standard InChI is InChI=1S/C14H12N4O4S2/c19-18(20)13-5-6-14(23-13)24(21,22)16-9-11-1-3-12(4-2-11)17-8-7-15-10-17/h1-8,10,16H,9H2. The Bertz CT molecular complexity index is 947. The van der Waals surface area contributed by atoms with Gasteiger partial charge in [0.1, 0.15) is 4.21 Å². The summed E-state index contributed by atoms with van der Waals surface area (Å²) in [6.07, 6.45) is 5.14. The van der Waals surface area contributed by atoms with Crippen molar-refractivity contribution in [2.24, 2.45) is 0 Å². The summed E-state index contributed by atoms with van der Waals surface area (Å²) in [4.78, 5) is 14.0. The zero-order valence-corrected chi connectivity index (χ0v) is 13.8. The fourth-order valence-electron chi connectivity index (χ4n) is 2.00. The highest BCUT2D eigenvalue weighted by Crippen LogP contribution is 2.27. The highest BCUT2D eigenvalue weighted by atomic mass is 32.2. The van der Waals surface area contributed by atoms with Gasteiger partial charge < -0.3 is 4.57 Å². The van der Waals surface area contributed by atoms with Crippen molar-refractivity contribution in [1.29, 1.82) is 0 Å². The monoisotopic (exact) mass is 364 g/mol. The molecule has 0 fully saturated rings. The number of thiophene rings is 1. The van der Waals surface area contributed by atoms with Crippen molar-refractivity contribution >= 4 is 26.4 Å². The van der Waals surface area contributed by atoms with Gasteiger partial charge in [0, 0.05) is 30.7 Å². The van der Waals surface area contributed by atoms with E-state index in [1.807, 2.05) is 16.7 Å². The lowest BCUT2D eigenvalue weighted by Crippen LogP contribution is -2.22. The van der Waals surface area contributed by atoms with Crippen molar-refractivity contribution in [2.75, 3.05) is 0 Å². The topological polar surface area (TPSA) is 107 Å². The van der Waals surface area contributed by atoms with Crippen LogP contribution in [-0.2, 0) is 16.6 Å². The Morgan fingerprint density at radius 1 is 1.21 bits per heavy atom. The van der Waals surface area contributed by atoms with Crippen molar-refractivity contribution in [1.82, 2.24) is 14.3 Å². The lowest BCUT2D eigenvalue weighted by Gasteiger charge is -2.06. The van der Waals surface area contributed by atoms with Gasteiger partial charge in [0.25, 0.3) is 10.0 Å². The molecule has 0 aliphatic rings. The Balaban J connectivity index is 1.69. The molecule has 124 valence electrons. The maximum Gasteiger partial charge on any atom is 0.325 e. The van der Waals surface area contributed by atoms with Crippen LogP contribution in [0.4, 0.5) is 5.00 Å². The van der Waals surface area contributed by atoms with E-state index >= 15 is 0 Å². The number of imidazole rings is 1. The smallest absolute Gasteiger partial charge is 0.306 e. The summed E-state index contributed by atoms with van der Waals surface area (Å²) in [5.74, 6) is 0. The van der Waals surface area contributed by atoms with Crippen LogP contribution < -0.4 is 4.72 Å². The number of aromatic nitrogens is 2. The number of rotatable bonds is 6. The van der Waals surface area contributed by atoms with Crippen LogP contribution >= 0.6 is 11.3 Å². The van der Waals surface area contributed by atoms with E-state index in [0.717, 1.165) is 11.3 Å². The second-order valence-corrected chi connectivity index (χ2v) is 7.87. The molecule has 0 radical (unpaired) electrons. The molecule has 0 saturated heterocycles. The first kappa shape index (κ1) is 16.3. The molecule has 3 rings (SSSR count). The number of nitrogens with one attached hydrogen (secondary N) is 1. The van der Waals surface area contributed by atoms with Crippen LogP contribution in [0.2, 0.25) is 0 Å². The van der Waals surface area contributed by atoms with E-state index in [1.54, 1.807) is 30.9 Å². The Kier molecular flexibility index (Phi) is 4.42. The number of hydrogen-bond acceptors (Lipinski definition) is 6. The number of nitrogens with zero attached hydrogens (tertiary/aromatic N) is 3. The summed E-state index contributed by atoms with van der Waals surface area (Å²) < 4.78 is 28.5. The molecule has 1 N–H and O–H groups in total. The van der Waals surface area contributed by atoms with Crippen LogP contribution in [0, 0.1) is 10.1 Å². The van der Waals surface area contributed by atoms with E-state index in [2.05, 4.69) is 9.71 Å². The maximum absolute atomic E-state index is 12.2. The molecular formula is C14H12N4O4S2. The summed E-state index contributed by atoms with van der Waals surface area (Å²) in [6, 6.07) is 9.71. The summed E-state index contributed by atoms with van der Waals surface area (Å²) >= 11 is 0.624. The van der Waals surface area contributed by atoms with Crippen molar-refractivity contribution in [3.63, 3.8) is 0 Å². The summed E-state index contributed by atoms with van der Waals surface area (Å²) in [7, 11) is -3.78. The number of nitro groups is 1. The zero-order chi connectivity index (χ0) is 17.2. The first-order chi connectivity index (χ1) is 11.5. The number of benzene rings is 1. The zero-order valence-electron chi connectivity index (χ0n) is 12.2. The van der Waals surface area contributed by atoms with Crippen LogP contribution in [0.25, 0.3) is 5.69 Å². The summed E-state index contributed by atoms with van der Waals surface area (Å²) in [6.45, 7) is 0.0955. The fourth-order valence-corrected chi connectivity index (χ4v) is 4.17. The predicted octanol–water partition coefficient (Wildman–Crippen LogP) is 2.32. The SMILES string of the molecule is O=[N+]([O-])c1ccc(S(=O)(=O)NCc2ccc(-n3ccnc3)cc2)s1. The van der Waals surface area contributed by atoms with Crippen LogP contribution in [0.3, 0.4) is 0 Å². The molecule has 0 amide bonds. The number of hydrogen-bond donors (Lipinski definition) is 1. The van der Waals surface area contributed by atoms with E-state index in [0.29, 0.717) is 11.3 Å². The average molecular weight is 364 g/mol. The van der Waals surface area contributed by atoms with Gasteiger partial charge in [-0.3, -0.25) is 10.1 Å².